The number of halogens is 1. The molecule has 0 spiro atoms. The highest BCUT2D eigenvalue weighted by atomic mass is 35.5. The molecule has 0 aliphatic carbocycles. The second kappa shape index (κ2) is 7.42. The molecule has 1 saturated heterocycles. The first kappa shape index (κ1) is 17.1. The summed E-state index contributed by atoms with van der Waals surface area (Å²) in [5.74, 6) is 0.686. The summed E-state index contributed by atoms with van der Waals surface area (Å²) in [5, 5.41) is 4.91. The number of para-hydroxylation sites is 1. The van der Waals surface area contributed by atoms with Crippen molar-refractivity contribution in [3.8, 4) is 0 Å². The lowest BCUT2D eigenvalue weighted by molar-refractivity contribution is 0.461. The Hall–Kier alpha value is -1.77. The molecule has 1 atom stereocenters. The van der Waals surface area contributed by atoms with Crippen LogP contribution < -0.4 is 5.32 Å². The summed E-state index contributed by atoms with van der Waals surface area (Å²) in [5.41, 5.74) is 4.26. The van der Waals surface area contributed by atoms with E-state index in [0.29, 0.717) is 12.0 Å². The quantitative estimate of drug-likeness (QED) is 0.698. The van der Waals surface area contributed by atoms with Crippen LogP contribution in [0.2, 0.25) is 0 Å². The molecule has 1 fully saturated rings. The first-order chi connectivity index (χ1) is 11.3. The lowest BCUT2D eigenvalue weighted by Gasteiger charge is -2.22. The summed E-state index contributed by atoms with van der Waals surface area (Å²) in [6, 6.07) is 20.0. The van der Waals surface area contributed by atoms with Crippen LogP contribution in [0.5, 0.6) is 0 Å². The standard InChI is InChI=1S/C21H24N2.ClH/c1-16(17-7-3-2-4-8-17)23-15-20(18-11-13-22-14-12-18)19-9-5-6-10-21(19)23;/h2-10,15-16,18,22H,11-14H2,1H3;1H. The molecule has 2 aromatic carbocycles. The fraction of sp³-hybridized carbons (Fsp3) is 0.333. The normalized spacial score (nSPS) is 16.7. The Balaban J connectivity index is 0.00000169. The summed E-state index contributed by atoms with van der Waals surface area (Å²) in [4.78, 5) is 0. The first-order valence-electron chi connectivity index (χ1n) is 8.70. The lowest BCUT2D eigenvalue weighted by atomic mass is 9.90. The van der Waals surface area contributed by atoms with Crippen LogP contribution in [-0.4, -0.2) is 17.7 Å². The van der Waals surface area contributed by atoms with Crippen molar-refractivity contribution >= 4 is 23.3 Å². The molecule has 1 aliphatic rings. The van der Waals surface area contributed by atoms with E-state index in [4.69, 9.17) is 0 Å². The molecule has 126 valence electrons. The molecule has 24 heavy (non-hydrogen) atoms. The van der Waals surface area contributed by atoms with Crippen LogP contribution in [0, 0.1) is 0 Å². The maximum absolute atomic E-state index is 3.48. The summed E-state index contributed by atoms with van der Waals surface area (Å²) in [6.45, 7) is 4.57. The Bertz CT molecular complexity index is 788. The van der Waals surface area contributed by atoms with Gasteiger partial charge in [-0.1, -0.05) is 48.5 Å². The van der Waals surface area contributed by atoms with E-state index < -0.39 is 0 Å². The average molecular weight is 341 g/mol. The fourth-order valence-corrected chi connectivity index (χ4v) is 3.90. The van der Waals surface area contributed by atoms with E-state index in [9.17, 15) is 0 Å². The van der Waals surface area contributed by atoms with Crippen molar-refractivity contribution in [2.24, 2.45) is 0 Å². The van der Waals surface area contributed by atoms with Gasteiger partial charge in [0.05, 0.1) is 6.04 Å². The van der Waals surface area contributed by atoms with Gasteiger partial charge in [-0.15, -0.1) is 12.4 Å². The Labute approximate surface area is 150 Å². The molecule has 1 N–H and O–H groups in total. The fourth-order valence-electron chi connectivity index (χ4n) is 3.90. The Kier molecular flexibility index (Phi) is 5.27. The van der Waals surface area contributed by atoms with Crippen LogP contribution in [0.15, 0.2) is 60.8 Å². The minimum atomic E-state index is 0. The minimum absolute atomic E-state index is 0. The Morgan fingerprint density at radius 1 is 0.958 bits per heavy atom. The molecule has 1 aromatic heterocycles. The molecule has 1 aliphatic heterocycles. The Morgan fingerprint density at radius 3 is 2.38 bits per heavy atom. The molecule has 0 radical (unpaired) electrons. The second-order valence-electron chi connectivity index (χ2n) is 6.62. The zero-order valence-corrected chi connectivity index (χ0v) is 14.9. The van der Waals surface area contributed by atoms with E-state index in [1.165, 1.54) is 34.9 Å². The highest BCUT2D eigenvalue weighted by Gasteiger charge is 2.21. The van der Waals surface area contributed by atoms with Crippen LogP contribution in [0.25, 0.3) is 10.9 Å². The largest absolute Gasteiger partial charge is 0.340 e. The molecular weight excluding hydrogens is 316 g/mol. The summed E-state index contributed by atoms with van der Waals surface area (Å²) in [7, 11) is 0. The van der Waals surface area contributed by atoms with Gasteiger partial charge in [0.2, 0.25) is 0 Å². The van der Waals surface area contributed by atoms with Gasteiger partial charge in [0.15, 0.2) is 0 Å². The smallest absolute Gasteiger partial charge is 0.0557 e. The number of fused-ring (bicyclic) bond motifs is 1. The highest BCUT2D eigenvalue weighted by molar-refractivity contribution is 5.85. The van der Waals surface area contributed by atoms with Crippen LogP contribution in [-0.2, 0) is 0 Å². The van der Waals surface area contributed by atoms with Crippen molar-refractivity contribution in [3.05, 3.63) is 71.9 Å². The van der Waals surface area contributed by atoms with Crippen LogP contribution in [0.4, 0.5) is 0 Å². The zero-order valence-electron chi connectivity index (χ0n) is 14.1. The third-order valence-electron chi connectivity index (χ3n) is 5.25. The van der Waals surface area contributed by atoms with Gasteiger partial charge >= 0.3 is 0 Å². The van der Waals surface area contributed by atoms with Crippen molar-refractivity contribution < 1.29 is 0 Å². The van der Waals surface area contributed by atoms with Gasteiger partial charge in [0, 0.05) is 17.1 Å². The monoisotopic (exact) mass is 340 g/mol. The van der Waals surface area contributed by atoms with Gasteiger partial charge in [-0.05, 0) is 56.0 Å². The number of hydrogen-bond donors (Lipinski definition) is 1. The van der Waals surface area contributed by atoms with Crippen molar-refractivity contribution in [1.82, 2.24) is 9.88 Å². The number of aromatic nitrogens is 1. The van der Waals surface area contributed by atoms with Crippen LogP contribution in [0.3, 0.4) is 0 Å². The predicted molar refractivity (Wildman–Crippen MR) is 104 cm³/mol. The van der Waals surface area contributed by atoms with E-state index in [1.54, 1.807) is 0 Å². The maximum Gasteiger partial charge on any atom is 0.0557 e. The molecule has 4 rings (SSSR count). The van der Waals surface area contributed by atoms with Gasteiger partial charge < -0.3 is 9.88 Å². The van der Waals surface area contributed by atoms with Gasteiger partial charge in [0.1, 0.15) is 0 Å². The van der Waals surface area contributed by atoms with E-state index in [2.05, 4.69) is 77.6 Å². The number of benzene rings is 2. The summed E-state index contributed by atoms with van der Waals surface area (Å²) in [6.07, 6.45) is 4.90. The molecular formula is C21H25ClN2. The third kappa shape index (κ3) is 3.09. The van der Waals surface area contributed by atoms with Gasteiger partial charge in [-0.2, -0.15) is 0 Å². The molecule has 2 nitrogen and oxygen atoms in total. The molecule has 1 unspecified atom stereocenters. The number of rotatable bonds is 3. The van der Waals surface area contributed by atoms with E-state index in [0.717, 1.165) is 13.1 Å². The van der Waals surface area contributed by atoms with Crippen molar-refractivity contribution in [1.29, 1.82) is 0 Å². The molecule has 0 saturated carbocycles. The molecule has 0 bridgehead atoms. The zero-order chi connectivity index (χ0) is 15.6. The first-order valence-corrected chi connectivity index (χ1v) is 8.70. The summed E-state index contributed by atoms with van der Waals surface area (Å²) >= 11 is 0. The summed E-state index contributed by atoms with van der Waals surface area (Å²) < 4.78 is 2.46. The molecule has 2 heterocycles. The van der Waals surface area contributed by atoms with E-state index >= 15 is 0 Å². The van der Waals surface area contributed by atoms with Gasteiger partial charge in [-0.25, -0.2) is 0 Å². The molecule has 3 heteroatoms. The lowest BCUT2D eigenvalue weighted by Crippen LogP contribution is -2.26. The van der Waals surface area contributed by atoms with Crippen LogP contribution >= 0.6 is 12.4 Å². The topological polar surface area (TPSA) is 17.0 Å². The number of hydrogen-bond acceptors (Lipinski definition) is 1. The predicted octanol–water partition coefficient (Wildman–Crippen LogP) is 5.14. The van der Waals surface area contributed by atoms with Crippen LogP contribution in [0.1, 0.15) is 42.9 Å². The van der Waals surface area contributed by atoms with Gasteiger partial charge in [-0.3, -0.25) is 0 Å². The maximum atomic E-state index is 3.48. The van der Waals surface area contributed by atoms with Crippen molar-refractivity contribution in [3.63, 3.8) is 0 Å². The van der Waals surface area contributed by atoms with Crippen molar-refractivity contribution in [2.75, 3.05) is 13.1 Å². The minimum Gasteiger partial charge on any atom is -0.340 e. The second-order valence-corrected chi connectivity index (χ2v) is 6.62. The van der Waals surface area contributed by atoms with E-state index in [-0.39, 0.29) is 12.4 Å². The third-order valence-corrected chi connectivity index (χ3v) is 5.25. The molecule has 0 amide bonds. The van der Waals surface area contributed by atoms with Crippen molar-refractivity contribution in [2.45, 2.75) is 31.7 Å². The Morgan fingerprint density at radius 2 is 1.62 bits per heavy atom. The average Bonchev–Trinajstić information content (AvgIpc) is 3.02. The number of nitrogens with zero attached hydrogens (tertiary/aromatic N) is 1. The highest BCUT2D eigenvalue weighted by Crippen LogP contribution is 2.35. The van der Waals surface area contributed by atoms with E-state index in [1.807, 2.05) is 0 Å². The number of piperidine rings is 1. The molecule has 3 aromatic rings. The van der Waals surface area contributed by atoms with Gasteiger partial charge in [0.25, 0.3) is 0 Å². The number of nitrogens with one attached hydrogen (secondary N) is 1. The SMILES string of the molecule is CC(c1ccccc1)n1cc(C2CCNCC2)c2ccccc21.Cl.